The lowest BCUT2D eigenvalue weighted by molar-refractivity contribution is -0.153. The minimum atomic E-state index is -0.471. The Bertz CT molecular complexity index is 499. The molecular formula is C18H25FO3. The Labute approximate surface area is 131 Å². The summed E-state index contributed by atoms with van der Waals surface area (Å²) in [7, 11) is 0. The van der Waals surface area contributed by atoms with E-state index in [0.29, 0.717) is 11.3 Å². The molecule has 0 bridgehead atoms. The largest absolute Gasteiger partial charge is 0.479 e. The molecule has 0 saturated heterocycles. The molecule has 1 aliphatic carbocycles. The van der Waals surface area contributed by atoms with Crippen LogP contribution in [0.25, 0.3) is 0 Å². The lowest BCUT2D eigenvalue weighted by Gasteiger charge is -2.36. The van der Waals surface area contributed by atoms with E-state index in [1.165, 1.54) is 12.1 Å². The fourth-order valence-electron chi connectivity index (χ4n) is 2.97. The van der Waals surface area contributed by atoms with Crippen molar-refractivity contribution >= 4 is 5.97 Å². The molecule has 1 fully saturated rings. The van der Waals surface area contributed by atoms with Crippen molar-refractivity contribution in [2.24, 2.45) is 11.3 Å². The van der Waals surface area contributed by atoms with Crippen molar-refractivity contribution < 1.29 is 18.7 Å². The van der Waals surface area contributed by atoms with Gasteiger partial charge in [0.2, 0.25) is 0 Å². The molecule has 1 aromatic carbocycles. The normalized spacial score (nSPS) is 22.2. The van der Waals surface area contributed by atoms with Crippen LogP contribution in [0.3, 0.4) is 0 Å². The van der Waals surface area contributed by atoms with Gasteiger partial charge in [0.05, 0.1) is 0 Å². The van der Waals surface area contributed by atoms with Gasteiger partial charge >= 0.3 is 5.97 Å². The Kier molecular flexibility index (Phi) is 5.43. The molecule has 0 radical (unpaired) electrons. The van der Waals surface area contributed by atoms with Crippen molar-refractivity contribution in [3.63, 3.8) is 0 Å². The van der Waals surface area contributed by atoms with Gasteiger partial charge in [0.25, 0.3) is 0 Å². The summed E-state index contributed by atoms with van der Waals surface area (Å²) in [6, 6.07) is 6.04. The number of para-hydroxylation sites is 1. The Hall–Kier alpha value is -1.58. The Morgan fingerprint density at radius 2 is 1.82 bits per heavy atom. The van der Waals surface area contributed by atoms with E-state index in [2.05, 4.69) is 20.8 Å². The standard InChI is InChI=1S/C18H25FO3/c1-18(2,3)13-8-10-14(11-9-13)22-17(20)12-21-16-7-5-4-6-15(16)19/h4-7,13-14H,8-12H2,1-3H3. The van der Waals surface area contributed by atoms with Crippen molar-refractivity contribution in [2.45, 2.75) is 52.6 Å². The molecule has 2 rings (SSSR count). The molecule has 122 valence electrons. The van der Waals surface area contributed by atoms with Gasteiger partial charge in [0, 0.05) is 0 Å². The van der Waals surface area contributed by atoms with Crippen molar-refractivity contribution in [1.29, 1.82) is 0 Å². The zero-order valence-corrected chi connectivity index (χ0v) is 13.6. The van der Waals surface area contributed by atoms with Crippen molar-refractivity contribution in [3.8, 4) is 5.75 Å². The Balaban J connectivity index is 1.74. The monoisotopic (exact) mass is 308 g/mol. The van der Waals surface area contributed by atoms with Crippen molar-refractivity contribution in [2.75, 3.05) is 6.61 Å². The van der Waals surface area contributed by atoms with Gasteiger partial charge < -0.3 is 9.47 Å². The van der Waals surface area contributed by atoms with E-state index < -0.39 is 11.8 Å². The van der Waals surface area contributed by atoms with E-state index in [0.717, 1.165) is 25.7 Å². The second-order valence-corrected chi connectivity index (χ2v) is 7.05. The summed E-state index contributed by atoms with van der Waals surface area (Å²) >= 11 is 0. The third-order valence-corrected chi connectivity index (χ3v) is 4.38. The first-order chi connectivity index (χ1) is 10.4. The summed E-state index contributed by atoms with van der Waals surface area (Å²) in [4.78, 5) is 11.8. The maximum Gasteiger partial charge on any atom is 0.344 e. The molecule has 0 atom stereocenters. The molecule has 3 nitrogen and oxygen atoms in total. The fraction of sp³-hybridized carbons (Fsp3) is 0.611. The molecule has 0 aliphatic heterocycles. The number of carbonyl (C=O) groups is 1. The Morgan fingerprint density at radius 1 is 1.18 bits per heavy atom. The van der Waals surface area contributed by atoms with Crippen LogP contribution in [0.4, 0.5) is 4.39 Å². The minimum absolute atomic E-state index is 0.0321. The summed E-state index contributed by atoms with van der Waals surface area (Å²) in [5.74, 6) is -0.142. The number of rotatable bonds is 4. The van der Waals surface area contributed by atoms with Gasteiger partial charge in [-0.05, 0) is 49.1 Å². The molecule has 0 heterocycles. The molecule has 4 heteroatoms. The first kappa shape index (κ1) is 16.8. The summed E-state index contributed by atoms with van der Waals surface area (Å²) in [5, 5.41) is 0. The number of halogens is 1. The third kappa shape index (κ3) is 4.72. The van der Waals surface area contributed by atoms with Gasteiger partial charge in [-0.1, -0.05) is 32.9 Å². The zero-order valence-electron chi connectivity index (χ0n) is 13.6. The number of ether oxygens (including phenoxy) is 2. The summed E-state index contributed by atoms with van der Waals surface area (Å²) < 4.78 is 24.0. The van der Waals surface area contributed by atoms with Crippen LogP contribution in [0.1, 0.15) is 46.5 Å². The SMILES string of the molecule is CC(C)(C)C1CCC(OC(=O)COc2ccccc2F)CC1. The molecule has 22 heavy (non-hydrogen) atoms. The molecule has 0 unspecified atom stereocenters. The van der Waals surface area contributed by atoms with E-state index in [-0.39, 0.29) is 18.5 Å². The first-order valence-electron chi connectivity index (χ1n) is 7.93. The molecule has 0 aromatic heterocycles. The van der Waals surface area contributed by atoms with Crippen LogP contribution in [-0.4, -0.2) is 18.7 Å². The van der Waals surface area contributed by atoms with E-state index in [1.807, 2.05) is 0 Å². The average Bonchev–Trinajstić information content (AvgIpc) is 2.46. The van der Waals surface area contributed by atoms with Crippen LogP contribution in [-0.2, 0) is 9.53 Å². The van der Waals surface area contributed by atoms with Gasteiger partial charge in [-0.3, -0.25) is 0 Å². The van der Waals surface area contributed by atoms with Gasteiger partial charge in [0.15, 0.2) is 18.2 Å². The number of esters is 1. The third-order valence-electron chi connectivity index (χ3n) is 4.38. The van der Waals surface area contributed by atoms with E-state index in [9.17, 15) is 9.18 Å². The van der Waals surface area contributed by atoms with Crippen LogP contribution >= 0.6 is 0 Å². The second-order valence-electron chi connectivity index (χ2n) is 7.05. The van der Waals surface area contributed by atoms with Crippen molar-refractivity contribution in [3.05, 3.63) is 30.1 Å². The minimum Gasteiger partial charge on any atom is -0.479 e. The van der Waals surface area contributed by atoms with Gasteiger partial charge in [-0.25, -0.2) is 9.18 Å². The number of carbonyl (C=O) groups excluding carboxylic acids is 1. The molecule has 0 N–H and O–H groups in total. The quantitative estimate of drug-likeness (QED) is 0.776. The van der Waals surface area contributed by atoms with Crippen LogP contribution in [0.15, 0.2) is 24.3 Å². The first-order valence-corrected chi connectivity index (χ1v) is 7.93. The molecule has 0 amide bonds. The molecule has 1 aliphatic rings. The van der Waals surface area contributed by atoms with E-state index in [1.54, 1.807) is 12.1 Å². The van der Waals surface area contributed by atoms with Crippen LogP contribution < -0.4 is 4.74 Å². The van der Waals surface area contributed by atoms with E-state index in [4.69, 9.17) is 9.47 Å². The highest BCUT2D eigenvalue weighted by Crippen LogP contribution is 2.38. The predicted molar refractivity (Wildman–Crippen MR) is 83.2 cm³/mol. The van der Waals surface area contributed by atoms with Crippen LogP contribution in [0.5, 0.6) is 5.75 Å². The predicted octanol–water partition coefficient (Wildman–Crippen LogP) is 4.35. The summed E-state index contributed by atoms with van der Waals surface area (Å²) in [5.41, 5.74) is 0.308. The topological polar surface area (TPSA) is 35.5 Å². The lowest BCUT2D eigenvalue weighted by atomic mass is 9.72. The summed E-state index contributed by atoms with van der Waals surface area (Å²) in [6.07, 6.45) is 3.92. The fourth-order valence-corrected chi connectivity index (χ4v) is 2.97. The molecular weight excluding hydrogens is 283 g/mol. The number of benzene rings is 1. The maximum atomic E-state index is 13.4. The lowest BCUT2D eigenvalue weighted by Crippen LogP contribution is -2.31. The molecule has 0 spiro atoms. The zero-order chi connectivity index (χ0) is 16.2. The smallest absolute Gasteiger partial charge is 0.344 e. The highest BCUT2D eigenvalue weighted by atomic mass is 19.1. The van der Waals surface area contributed by atoms with Gasteiger partial charge in [-0.2, -0.15) is 0 Å². The maximum absolute atomic E-state index is 13.4. The van der Waals surface area contributed by atoms with E-state index >= 15 is 0 Å². The number of hydrogen-bond donors (Lipinski definition) is 0. The van der Waals surface area contributed by atoms with Gasteiger partial charge in [0.1, 0.15) is 6.10 Å². The van der Waals surface area contributed by atoms with Crippen LogP contribution in [0.2, 0.25) is 0 Å². The summed E-state index contributed by atoms with van der Waals surface area (Å²) in [6.45, 7) is 6.52. The highest BCUT2D eigenvalue weighted by Gasteiger charge is 2.31. The average molecular weight is 308 g/mol. The molecule has 1 saturated carbocycles. The van der Waals surface area contributed by atoms with Gasteiger partial charge in [-0.15, -0.1) is 0 Å². The number of hydrogen-bond acceptors (Lipinski definition) is 3. The van der Waals surface area contributed by atoms with Crippen molar-refractivity contribution in [1.82, 2.24) is 0 Å². The molecule has 1 aromatic rings. The highest BCUT2D eigenvalue weighted by molar-refractivity contribution is 5.71. The Morgan fingerprint density at radius 3 is 2.41 bits per heavy atom. The second kappa shape index (κ2) is 7.12. The van der Waals surface area contributed by atoms with Crippen LogP contribution in [0, 0.1) is 17.2 Å².